The monoisotopic (exact) mass is 237 g/mol. The van der Waals surface area contributed by atoms with Gasteiger partial charge in [0, 0.05) is 20.1 Å². The standard InChI is InChI=1S/C12H19N3O2/c1-8-5-15(6-9(2)17-8)12-11(7-16)10(3)13-14(12)4/h7-9H,5-6H2,1-4H3. The van der Waals surface area contributed by atoms with E-state index in [2.05, 4.69) is 10.00 Å². The molecule has 1 fully saturated rings. The lowest BCUT2D eigenvalue weighted by molar-refractivity contribution is -0.00568. The van der Waals surface area contributed by atoms with Gasteiger partial charge >= 0.3 is 0 Å². The fourth-order valence-electron chi connectivity index (χ4n) is 2.53. The van der Waals surface area contributed by atoms with E-state index >= 15 is 0 Å². The van der Waals surface area contributed by atoms with E-state index < -0.39 is 0 Å². The molecule has 2 heterocycles. The normalized spacial score (nSPS) is 25.1. The third kappa shape index (κ3) is 2.20. The quantitative estimate of drug-likeness (QED) is 0.724. The molecule has 1 saturated heterocycles. The highest BCUT2D eigenvalue weighted by Crippen LogP contribution is 2.24. The van der Waals surface area contributed by atoms with E-state index in [-0.39, 0.29) is 12.2 Å². The first-order valence-electron chi connectivity index (χ1n) is 5.92. The molecular formula is C12H19N3O2. The summed E-state index contributed by atoms with van der Waals surface area (Å²) in [6.45, 7) is 7.55. The summed E-state index contributed by atoms with van der Waals surface area (Å²) in [6, 6.07) is 0. The highest BCUT2D eigenvalue weighted by atomic mass is 16.5. The number of morpholine rings is 1. The number of rotatable bonds is 2. The molecule has 17 heavy (non-hydrogen) atoms. The molecule has 0 aliphatic carbocycles. The van der Waals surface area contributed by atoms with E-state index in [0.717, 1.165) is 30.9 Å². The van der Waals surface area contributed by atoms with E-state index in [1.807, 2.05) is 27.8 Å². The van der Waals surface area contributed by atoms with Gasteiger partial charge in [-0.15, -0.1) is 0 Å². The van der Waals surface area contributed by atoms with Crippen LogP contribution in [0.25, 0.3) is 0 Å². The first kappa shape index (κ1) is 12.1. The summed E-state index contributed by atoms with van der Waals surface area (Å²) in [5.41, 5.74) is 1.47. The van der Waals surface area contributed by atoms with Gasteiger partial charge in [-0.25, -0.2) is 0 Å². The molecule has 2 atom stereocenters. The van der Waals surface area contributed by atoms with Crippen molar-refractivity contribution in [2.75, 3.05) is 18.0 Å². The minimum atomic E-state index is 0.174. The van der Waals surface area contributed by atoms with Crippen molar-refractivity contribution in [2.45, 2.75) is 33.0 Å². The summed E-state index contributed by atoms with van der Waals surface area (Å²) >= 11 is 0. The zero-order valence-electron chi connectivity index (χ0n) is 10.8. The van der Waals surface area contributed by atoms with Crippen LogP contribution in [0.15, 0.2) is 0 Å². The molecule has 1 aliphatic rings. The summed E-state index contributed by atoms with van der Waals surface area (Å²) < 4.78 is 7.48. The molecule has 5 heteroatoms. The van der Waals surface area contributed by atoms with Crippen LogP contribution in [0, 0.1) is 6.92 Å². The van der Waals surface area contributed by atoms with Gasteiger partial charge in [0.05, 0.1) is 23.5 Å². The molecule has 0 spiro atoms. The van der Waals surface area contributed by atoms with Crippen molar-refractivity contribution in [3.8, 4) is 0 Å². The number of carbonyl (C=O) groups excluding carboxylic acids is 1. The smallest absolute Gasteiger partial charge is 0.155 e. The molecule has 5 nitrogen and oxygen atoms in total. The van der Waals surface area contributed by atoms with Crippen LogP contribution in [0.1, 0.15) is 29.9 Å². The van der Waals surface area contributed by atoms with Gasteiger partial charge in [-0.05, 0) is 20.8 Å². The van der Waals surface area contributed by atoms with E-state index in [1.165, 1.54) is 0 Å². The molecule has 0 aromatic carbocycles. The van der Waals surface area contributed by atoms with Crippen LogP contribution in [0.2, 0.25) is 0 Å². The van der Waals surface area contributed by atoms with Gasteiger partial charge < -0.3 is 9.64 Å². The first-order chi connectivity index (χ1) is 8.02. The Balaban J connectivity index is 2.36. The van der Waals surface area contributed by atoms with Crippen molar-refractivity contribution in [3.63, 3.8) is 0 Å². The third-order valence-corrected chi connectivity index (χ3v) is 3.07. The molecule has 1 aromatic heterocycles. The predicted octanol–water partition coefficient (Wildman–Crippen LogP) is 1.15. The maximum atomic E-state index is 11.2. The Hall–Kier alpha value is -1.36. The fraction of sp³-hybridized carbons (Fsp3) is 0.667. The van der Waals surface area contributed by atoms with Gasteiger partial charge in [-0.1, -0.05) is 0 Å². The first-order valence-corrected chi connectivity index (χ1v) is 5.92. The highest BCUT2D eigenvalue weighted by Gasteiger charge is 2.27. The molecule has 0 saturated carbocycles. The minimum absolute atomic E-state index is 0.174. The van der Waals surface area contributed by atoms with Crippen molar-refractivity contribution in [1.29, 1.82) is 0 Å². The number of carbonyl (C=O) groups is 1. The number of hydrogen-bond acceptors (Lipinski definition) is 4. The Labute approximate surface area is 101 Å². The van der Waals surface area contributed by atoms with Crippen molar-refractivity contribution in [3.05, 3.63) is 11.3 Å². The second-order valence-corrected chi connectivity index (χ2v) is 4.73. The Morgan fingerprint density at radius 1 is 1.35 bits per heavy atom. The molecule has 1 aliphatic heterocycles. The molecule has 0 N–H and O–H groups in total. The second kappa shape index (κ2) is 4.49. The fourth-order valence-corrected chi connectivity index (χ4v) is 2.53. The Bertz CT molecular complexity index is 418. The molecule has 0 amide bonds. The topological polar surface area (TPSA) is 47.4 Å². The van der Waals surface area contributed by atoms with Gasteiger partial charge in [0.15, 0.2) is 6.29 Å². The largest absolute Gasteiger partial charge is 0.372 e. The van der Waals surface area contributed by atoms with E-state index in [4.69, 9.17) is 4.74 Å². The summed E-state index contributed by atoms with van der Waals surface area (Å²) in [5, 5.41) is 4.31. The van der Waals surface area contributed by atoms with Crippen molar-refractivity contribution in [2.24, 2.45) is 7.05 Å². The molecule has 94 valence electrons. The van der Waals surface area contributed by atoms with Crippen LogP contribution in [-0.4, -0.2) is 41.4 Å². The minimum Gasteiger partial charge on any atom is -0.372 e. The van der Waals surface area contributed by atoms with Crippen molar-refractivity contribution >= 4 is 12.1 Å². The summed E-state index contributed by atoms with van der Waals surface area (Å²) in [5.74, 6) is 0.902. The predicted molar refractivity (Wildman–Crippen MR) is 65.6 cm³/mol. The van der Waals surface area contributed by atoms with Crippen LogP contribution < -0.4 is 4.90 Å². The van der Waals surface area contributed by atoms with Gasteiger partial charge in [0.1, 0.15) is 5.82 Å². The Kier molecular flexibility index (Phi) is 3.19. The van der Waals surface area contributed by atoms with Crippen LogP contribution in [0.3, 0.4) is 0 Å². The zero-order valence-corrected chi connectivity index (χ0v) is 10.8. The van der Waals surface area contributed by atoms with Gasteiger partial charge in [0.25, 0.3) is 0 Å². The summed E-state index contributed by atoms with van der Waals surface area (Å²) in [4.78, 5) is 13.3. The van der Waals surface area contributed by atoms with Crippen LogP contribution >= 0.6 is 0 Å². The van der Waals surface area contributed by atoms with Crippen LogP contribution in [0.4, 0.5) is 5.82 Å². The zero-order chi connectivity index (χ0) is 12.6. The number of nitrogens with zero attached hydrogens (tertiary/aromatic N) is 3. The molecular weight excluding hydrogens is 218 g/mol. The van der Waals surface area contributed by atoms with Gasteiger partial charge in [0.2, 0.25) is 0 Å². The van der Waals surface area contributed by atoms with Gasteiger partial charge in [-0.2, -0.15) is 5.10 Å². The molecule has 2 rings (SSSR count). The number of ether oxygens (including phenoxy) is 1. The number of hydrogen-bond donors (Lipinski definition) is 0. The van der Waals surface area contributed by atoms with E-state index in [1.54, 1.807) is 4.68 Å². The van der Waals surface area contributed by atoms with Crippen molar-refractivity contribution < 1.29 is 9.53 Å². The maximum absolute atomic E-state index is 11.2. The van der Waals surface area contributed by atoms with Crippen molar-refractivity contribution in [1.82, 2.24) is 9.78 Å². The molecule has 1 aromatic rings. The third-order valence-electron chi connectivity index (χ3n) is 3.07. The number of aromatic nitrogens is 2. The number of aldehydes is 1. The summed E-state index contributed by atoms with van der Waals surface area (Å²) in [6.07, 6.45) is 1.24. The lowest BCUT2D eigenvalue weighted by atomic mass is 10.2. The molecule has 2 unspecified atom stereocenters. The molecule has 0 bridgehead atoms. The summed E-state index contributed by atoms with van der Waals surface area (Å²) in [7, 11) is 1.88. The lowest BCUT2D eigenvalue weighted by Gasteiger charge is -2.36. The average Bonchev–Trinajstić information content (AvgIpc) is 2.51. The highest BCUT2D eigenvalue weighted by molar-refractivity contribution is 5.84. The number of aryl methyl sites for hydroxylation is 2. The second-order valence-electron chi connectivity index (χ2n) is 4.73. The van der Waals surface area contributed by atoms with E-state index in [9.17, 15) is 4.79 Å². The maximum Gasteiger partial charge on any atom is 0.155 e. The van der Waals surface area contributed by atoms with Crippen LogP contribution in [0.5, 0.6) is 0 Å². The lowest BCUT2D eigenvalue weighted by Crippen LogP contribution is -2.46. The average molecular weight is 237 g/mol. The van der Waals surface area contributed by atoms with Gasteiger partial charge in [-0.3, -0.25) is 9.48 Å². The Morgan fingerprint density at radius 2 is 1.94 bits per heavy atom. The Morgan fingerprint density at radius 3 is 2.47 bits per heavy atom. The molecule has 0 radical (unpaired) electrons. The van der Waals surface area contributed by atoms with Crippen LogP contribution in [-0.2, 0) is 11.8 Å². The van der Waals surface area contributed by atoms with E-state index in [0.29, 0.717) is 5.56 Å². The SMILES string of the molecule is Cc1nn(C)c(N2CC(C)OC(C)C2)c1C=O. The number of anilines is 1.